The minimum Gasteiger partial charge on any atom is -0.484 e. The molecule has 0 radical (unpaired) electrons. The van der Waals surface area contributed by atoms with Gasteiger partial charge in [-0.2, -0.15) is 0 Å². The summed E-state index contributed by atoms with van der Waals surface area (Å²) >= 11 is 14.5. The van der Waals surface area contributed by atoms with Crippen molar-refractivity contribution in [3.8, 4) is 5.75 Å². The molecule has 1 aliphatic rings. The van der Waals surface area contributed by atoms with Crippen LogP contribution in [0.4, 0.5) is 0 Å². The van der Waals surface area contributed by atoms with Gasteiger partial charge in [0.15, 0.2) is 0 Å². The zero-order chi connectivity index (χ0) is 13.6. The molecule has 1 aromatic carbocycles. The van der Waals surface area contributed by atoms with Crippen molar-refractivity contribution in [3.63, 3.8) is 0 Å². The first-order chi connectivity index (χ1) is 9.04. The van der Waals surface area contributed by atoms with E-state index >= 15 is 0 Å². The van der Waals surface area contributed by atoms with Gasteiger partial charge >= 0.3 is 0 Å². The number of halogens is 3. The van der Waals surface area contributed by atoms with E-state index in [-0.39, 0.29) is 12.1 Å². The van der Waals surface area contributed by atoms with Crippen molar-refractivity contribution in [1.82, 2.24) is 0 Å². The molecule has 2 aromatic rings. The molecule has 0 bridgehead atoms. The minimum absolute atomic E-state index is 0.0125. The average Bonchev–Trinajstić information content (AvgIpc) is 2.69. The molecule has 2 N–H and O–H groups in total. The quantitative estimate of drug-likeness (QED) is 0.662. The predicted molar refractivity (Wildman–Crippen MR) is 86.1 cm³/mol. The lowest BCUT2D eigenvalue weighted by Gasteiger charge is -2.29. The Morgan fingerprint density at radius 1 is 1.32 bits per heavy atom. The lowest BCUT2D eigenvalue weighted by atomic mass is 9.97. The fourth-order valence-electron chi connectivity index (χ4n) is 2.17. The summed E-state index contributed by atoms with van der Waals surface area (Å²) in [5, 5.41) is 0. The van der Waals surface area contributed by atoms with Crippen molar-refractivity contribution in [2.45, 2.75) is 18.6 Å². The second kappa shape index (κ2) is 5.37. The van der Waals surface area contributed by atoms with E-state index in [2.05, 4.69) is 31.9 Å². The Balaban J connectivity index is 1.96. The molecule has 100 valence electrons. The monoisotopic (exact) mass is 421 g/mol. The van der Waals surface area contributed by atoms with Gasteiger partial charge in [0.2, 0.25) is 0 Å². The lowest BCUT2D eigenvalue weighted by molar-refractivity contribution is 0.165. The second-order valence-electron chi connectivity index (χ2n) is 4.40. The van der Waals surface area contributed by atoms with Crippen LogP contribution in [0.5, 0.6) is 5.75 Å². The maximum atomic E-state index is 6.23. The summed E-state index contributed by atoms with van der Waals surface area (Å²) in [5.74, 6) is 0.846. The number of thiophene rings is 1. The van der Waals surface area contributed by atoms with Gasteiger partial charge in [-0.05, 0) is 34.1 Å². The van der Waals surface area contributed by atoms with E-state index in [4.69, 9.17) is 22.1 Å². The summed E-state index contributed by atoms with van der Waals surface area (Å²) in [6.07, 6.45) is 0.725. The largest absolute Gasteiger partial charge is 0.484 e. The van der Waals surface area contributed by atoms with Crippen molar-refractivity contribution in [3.05, 3.63) is 48.0 Å². The molecule has 2 unspecified atom stereocenters. The van der Waals surface area contributed by atoms with E-state index in [1.54, 1.807) is 0 Å². The van der Waals surface area contributed by atoms with Crippen LogP contribution in [0, 0.1) is 0 Å². The molecule has 6 heteroatoms. The highest BCUT2D eigenvalue weighted by Gasteiger charge is 2.28. The van der Waals surface area contributed by atoms with Gasteiger partial charge in [-0.1, -0.05) is 33.6 Å². The van der Waals surface area contributed by atoms with Crippen LogP contribution in [0.25, 0.3) is 0 Å². The number of benzene rings is 1. The van der Waals surface area contributed by atoms with E-state index in [0.29, 0.717) is 0 Å². The molecule has 0 saturated heterocycles. The summed E-state index contributed by atoms with van der Waals surface area (Å²) in [6, 6.07) is 7.96. The second-order valence-corrected chi connectivity index (χ2v) is 7.86. The molecule has 1 aliphatic heterocycles. The maximum absolute atomic E-state index is 6.23. The average molecular weight is 424 g/mol. The highest BCUT2D eigenvalue weighted by molar-refractivity contribution is 9.10. The van der Waals surface area contributed by atoms with E-state index in [0.717, 1.165) is 35.9 Å². The highest BCUT2D eigenvalue weighted by Crippen LogP contribution is 2.44. The molecule has 1 aromatic heterocycles. The molecule has 0 aliphatic carbocycles. The van der Waals surface area contributed by atoms with Gasteiger partial charge in [0, 0.05) is 31.8 Å². The van der Waals surface area contributed by atoms with E-state index in [1.807, 2.05) is 24.3 Å². The Hall–Kier alpha value is -0.0700. The van der Waals surface area contributed by atoms with Gasteiger partial charge in [0.05, 0.1) is 0 Å². The normalized spacial score (nSPS) is 21.9. The number of ether oxygens (including phenoxy) is 1. The van der Waals surface area contributed by atoms with Gasteiger partial charge in [-0.25, -0.2) is 0 Å². The van der Waals surface area contributed by atoms with Crippen molar-refractivity contribution in [2.75, 3.05) is 0 Å². The van der Waals surface area contributed by atoms with Crippen LogP contribution in [0.15, 0.2) is 33.2 Å². The van der Waals surface area contributed by atoms with Crippen molar-refractivity contribution < 1.29 is 4.74 Å². The smallest absolute Gasteiger partial charge is 0.135 e. The molecular formula is C13H10Br2ClNOS. The van der Waals surface area contributed by atoms with E-state index < -0.39 is 0 Å². The first kappa shape index (κ1) is 13.9. The van der Waals surface area contributed by atoms with E-state index in [1.165, 1.54) is 11.3 Å². The van der Waals surface area contributed by atoms with Crippen LogP contribution in [0.2, 0.25) is 4.34 Å². The molecule has 2 heterocycles. The highest BCUT2D eigenvalue weighted by atomic mass is 79.9. The number of hydrogen-bond donors (Lipinski definition) is 1. The van der Waals surface area contributed by atoms with Crippen molar-refractivity contribution in [2.24, 2.45) is 5.73 Å². The molecule has 0 fully saturated rings. The zero-order valence-electron chi connectivity index (χ0n) is 9.70. The molecule has 3 rings (SSSR count). The Labute approximate surface area is 137 Å². The summed E-state index contributed by atoms with van der Waals surface area (Å²) in [4.78, 5) is 1.10. The third-order valence-corrected chi connectivity index (χ3v) is 6.15. The topological polar surface area (TPSA) is 35.2 Å². The van der Waals surface area contributed by atoms with Gasteiger partial charge < -0.3 is 10.5 Å². The Morgan fingerprint density at radius 2 is 2.11 bits per heavy atom. The van der Waals surface area contributed by atoms with Gasteiger partial charge in [-0.15, -0.1) is 11.3 Å². The summed E-state index contributed by atoms with van der Waals surface area (Å²) in [7, 11) is 0. The van der Waals surface area contributed by atoms with Crippen molar-refractivity contribution >= 4 is 54.8 Å². The summed E-state index contributed by atoms with van der Waals surface area (Å²) < 4.78 is 8.70. The molecule has 0 spiro atoms. The number of nitrogens with two attached hydrogens (primary N) is 1. The molecule has 0 saturated carbocycles. The van der Waals surface area contributed by atoms with Crippen LogP contribution < -0.4 is 10.5 Å². The standard InChI is InChI=1S/C13H10Br2ClNOS/c14-6-1-2-7-9(17)5-11(18-10(7)3-6)12-4-8(15)13(16)19-12/h1-4,9,11H,5,17H2. The van der Waals surface area contributed by atoms with Crippen LogP contribution in [0.3, 0.4) is 0 Å². The minimum atomic E-state index is -0.0365. The van der Waals surface area contributed by atoms with Crippen LogP contribution >= 0.6 is 54.8 Å². The first-order valence-electron chi connectivity index (χ1n) is 5.71. The fraction of sp³-hybridized carbons (Fsp3) is 0.231. The SMILES string of the molecule is NC1CC(c2cc(Br)c(Cl)s2)Oc2cc(Br)ccc21. The summed E-state index contributed by atoms with van der Waals surface area (Å²) in [6.45, 7) is 0. The lowest BCUT2D eigenvalue weighted by Crippen LogP contribution is -2.23. The predicted octanol–water partition coefficient (Wildman–Crippen LogP) is 5.45. The Morgan fingerprint density at radius 3 is 2.79 bits per heavy atom. The fourth-order valence-corrected chi connectivity index (χ4v) is 4.29. The summed E-state index contributed by atoms with van der Waals surface area (Å²) in [5.41, 5.74) is 7.29. The van der Waals surface area contributed by atoms with Crippen LogP contribution in [-0.4, -0.2) is 0 Å². The van der Waals surface area contributed by atoms with Crippen molar-refractivity contribution in [1.29, 1.82) is 0 Å². The van der Waals surface area contributed by atoms with Crippen LogP contribution in [0.1, 0.15) is 29.0 Å². The molecular weight excluding hydrogens is 413 g/mol. The molecule has 2 nitrogen and oxygen atoms in total. The Kier molecular flexibility index (Phi) is 3.93. The van der Waals surface area contributed by atoms with Gasteiger partial charge in [0.25, 0.3) is 0 Å². The molecule has 19 heavy (non-hydrogen) atoms. The number of rotatable bonds is 1. The third kappa shape index (κ3) is 2.72. The molecule has 0 amide bonds. The number of hydrogen-bond acceptors (Lipinski definition) is 3. The first-order valence-corrected chi connectivity index (χ1v) is 8.49. The van der Waals surface area contributed by atoms with Crippen LogP contribution in [-0.2, 0) is 0 Å². The van der Waals surface area contributed by atoms with E-state index in [9.17, 15) is 0 Å². The maximum Gasteiger partial charge on any atom is 0.135 e. The third-order valence-electron chi connectivity index (χ3n) is 3.09. The zero-order valence-corrected chi connectivity index (χ0v) is 14.4. The Bertz CT molecular complexity index is 612. The molecule has 2 atom stereocenters. The van der Waals surface area contributed by atoms with Gasteiger partial charge in [0.1, 0.15) is 16.2 Å². The number of fused-ring (bicyclic) bond motifs is 1. The van der Waals surface area contributed by atoms with Gasteiger partial charge in [-0.3, -0.25) is 0 Å².